The molecule has 2 heterocycles. The number of nitrogens with two attached hydrogens (primary N) is 1. The molecule has 1 aliphatic heterocycles. The number of piperazine rings is 1. The molecule has 2 fully saturated rings. The van der Waals surface area contributed by atoms with Crippen molar-refractivity contribution in [3.05, 3.63) is 18.3 Å². The average molecular weight is 246 g/mol. The molecule has 4 heteroatoms. The molecule has 2 aliphatic rings. The van der Waals surface area contributed by atoms with Crippen LogP contribution in [0.25, 0.3) is 0 Å². The lowest BCUT2D eigenvalue weighted by Crippen LogP contribution is -2.48. The molecule has 4 nitrogen and oxygen atoms in total. The number of pyridine rings is 1. The second kappa shape index (κ2) is 5.14. The van der Waals surface area contributed by atoms with Gasteiger partial charge in [0.05, 0.1) is 11.9 Å². The molecule has 0 spiro atoms. The normalized spacial score (nSPS) is 21.9. The van der Waals surface area contributed by atoms with Gasteiger partial charge in [0.15, 0.2) is 0 Å². The first-order valence-corrected chi connectivity index (χ1v) is 7.00. The van der Waals surface area contributed by atoms with E-state index >= 15 is 0 Å². The third-order valence-electron chi connectivity index (χ3n) is 4.21. The van der Waals surface area contributed by atoms with Gasteiger partial charge in [0.25, 0.3) is 0 Å². The van der Waals surface area contributed by atoms with Crippen molar-refractivity contribution in [2.24, 2.45) is 5.92 Å². The molecular formula is C14H22N4. The van der Waals surface area contributed by atoms with E-state index in [-0.39, 0.29) is 0 Å². The molecule has 1 aromatic heterocycles. The van der Waals surface area contributed by atoms with Gasteiger partial charge in [-0.25, -0.2) is 4.98 Å². The predicted molar refractivity (Wildman–Crippen MR) is 74.6 cm³/mol. The lowest BCUT2D eigenvalue weighted by Gasteiger charge is -2.38. The summed E-state index contributed by atoms with van der Waals surface area (Å²) in [7, 11) is 0. The minimum Gasteiger partial charge on any atom is -0.397 e. The second-order valence-corrected chi connectivity index (χ2v) is 5.53. The fraction of sp³-hybridized carbons (Fsp3) is 0.643. The van der Waals surface area contributed by atoms with E-state index in [1.54, 1.807) is 6.20 Å². The van der Waals surface area contributed by atoms with Crippen LogP contribution in [0.3, 0.4) is 0 Å². The van der Waals surface area contributed by atoms with Crippen molar-refractivity contribution in [1.82, 2.24) is 9.88 Å². The highest BCUT2D eigenvalue weighted by molar-refractivity contribution is 5.46. The van der Waals surface area contributed by atoms with Crippen molar-refractivity contribution in [1.29, 1.82) is 0 Å². The van der Waals surface area contributed by atoms with Crippen LogP contribution in [0.1, 0.15) is 19.3 Å². The van der Waals surface area contributed by atoms with Gasteiger partial charge in [0, 0.05) is 32.7 Å². The fourth-order valence-electron chi connectivity index (χ4n) is 2.78. The van der Waals surface area contributed by atoms with Gasteiger partial charge in [0.2, 0.25) is 0 Å². The molecule has 18 heavy (non-hydrogen) atoms. The van der Waals surface area contributed by atoms with Crippen LogP contribution in [-0.2, 0) is 0 Å². The second-order valence-electron chi connectivity index (χ2n) is 5.53. The van der Waals surface area contributed by atoms with Gasteiger partial charge in [-0.15, -0.1) is 0 Å². The van der Waals surface area contributed by atoms with E-state index in [1.807, 2.05) is 12.1 Å². The summed E-state index contributed by atoms with van der Waals surface area (Å²) in [4.78, 5) is 9.36. The van der Waals surface area contributed by atoms with E-state index in [9.17, 15) is 0 Å². The summed E-state index contributed by atoms with van der Waals surface area (Å²) < 4.78 is 0. The van der Waals surface area contributed by atoms with Gasteiger partial charge in [0.1, 0.15) is 5.82 Å². The van der Waals surface area contributed by atoms with Crippen LogP contribution >= 0.6 is 0 Å². The lowest BCUT2D eigenvalue weighted by atomic mass is 9.85. The number of aromatic nitrogens is 1. The SMILES string of the molecule is Nc1ccc(N2CCN(CC3CCC3)CC2)nc1. The highest BCUT2D eigenvalue weighted by atomic mass is 15.3. The van der Waals surface area contributed by atoms with Crippen LogP contribution in [-0.4, -0.2) is 42.6 Å². The Morgan fingerprint density at radius 2 is 1.94 bits per heavy atom. The van der Waals surface area contributed by atoms with E-state index in [1.165, 1.54) is 38.9 Å². The molecule has 0 aromatic carbocycles. The molecule has 1 saturated carbocycles. The lowest BCUT2D eigenvalue weighted by molar-refractivity contribution is 0.170. The molecular weight excluding hydrogens is 224 g/mol. The average Bonchev–Trinajstić information content (AvgIpc) is 2.36. The van der Waals surface area contributed by atoms with Crippen LogP contribution in [0.15, 0.2) is 18.3 Å². The van der Waals surface area contributed by atoms with Crippen LogP contribution in [0, 0.1) is 5.92 Å². The Labute approximate surface area is 109 Å². The minimum atomic E-state index is 0.738. The van der Waals surface area contributed by atoms with Gasteiger partial charge in [-0.2, -0.15) is 0 Å². The zero-order chi connectivity index (χ0) is 12.4. The van der Waals surface area contributed by atoms with Crippen LogP contribution < -0.4 is 10.6 Å². The van der Waals surface area contributed by atoms with Gasteiger partial charge in [-0.1, -0.05) is 6.42 Å². The third-order valence-corrected chi connectivity index (χ3v) is 4.21. The smallest absolute Gasteiger partial charge is 0.128 e. The number of hydrogen-bond acceptors (Lipinski definition) is 4. The van der Waals surface area contributed by atoms with Gasteiger partial charge in [-0.05, 0) is 30.9 Å². The van der Waals surface area contributed by atoms with E-state index in [4.69, 9.17) is 5.73 Å². The predicted octanol–water partition coefficient (Wildman–Crippen LogP) is 1.59. The van der Waals surface area contributed by atoms with Crippen molar-refractivity contribution in [3.8, 4) is 0 Å². The number of hydrogen-bond donors (Lipinski definition) is 1. The Morgan fingerprint density at radius 1 is 1.17 bits per heavy atom. The van der Waals surface area contributed by atoms with E-state index < -0.39 is 0 Å². The molecule has 1 saturated heterocycles. The molecule has 98 valence electrons. The van der Waals surface area contributed by atoms with Crippen molar-refractivity contribution in [2.75, 3.05) is 43.4 Å². The topological polar surface area (TPSA) is 45.4 Å². The maximum absolute atomic E-state index is 5.67. The van der Waals surface area contributed by atoms with Crippen molar-refractivity contribution >= 4 is 11.5 Å². The zero-order valence-electron chi connectivity index (χ0n) is 10.9. The zero-order valence-corrected chi connectivity index (χ0v) is 10.9. The Morgan fingerprint density at radius 3 is 2.50 bits per heavy atom. The van der Waals surface area contributed by atoms with Crippen molar-refractivity contribution < 1.29 is 0 Å². The Kier molecular flexibility index (Phi) is 3.37. The number of anilines is 2. The standard InChI is InChI=1S/C14H22N4/c15-13-4-5-14(16-10-13)18-8-6-17(7-9-18)11-12-2-1-3-12/h4-5,10,12H,1-3,6-9,11,15H2. The first kappa shape index (κ1) is 11.8. The maximum atomic E-state index is 5.67. The quantitative estimate of drug-likeness (QED) is 0.879. The first-order valence-electron chi connectivity index (χ1n) is 7.00. The Hall–Kier alpha value is -1.29. The molecule has 3 rings (SSSR count). The molecule has 1 aliphatic carbocycles. The van der Waals surface area contributed by atoms with Crippen LogP contribution in [0.2, 0.25) is 0 Å². The Bertz CT molecular complexity index is 377. The first-order chi connectivity index (χ1) is 8.81. The van der Waals surface area contributed by atoms with Crippen LogP contribution in [0.5, 0.6) is 0 Å². The number of nitrogen functional groups attached to an aromatic ring is 1. The molecule has 0 unspecified atom stereocenters. The Balaban J connectivity index is 1.51. The summed E-state index contributed by atoms with van der Waals surface area (Å²) in [5.74, 6) is 2.04. The minimum absolute atomic E-state index is 0.738. The fourth-order valence-corrected chi connectivity index (χ4v) is 2.78. The number of rotatable bonds is 3. The molecule has 1 aromatic rings. The molecule has 0 amide bonds. The monoisotopic (exact) mass is 246 g/mol. The summed E-state index contributed by atoms with van der Waals surface area (Å²) in [6.45, 7) is 5.82. The summed E-state index contributed by atoms with van der Waals surface area (Å²) in [5.41, 5.74) is 6.40. The van der Waals surface area contributed by atoms with Gasteiger partial charge >= 0.3 is 0 Å². The maximum Gasteiger partial charge on any atom is 0.128 e. The number of nitrogens with zero attached hydrogens (tertiary/aromatic N) is 3. The molecule has 2 N–H and O–H groups in total. The highest BCUT2D eigenvalue weighted by Crippen LogP contribution is 2.27. The summed E-state index contributed by atoms with van der Waals surface area (Å²) in [5, 5.41) is 0. The van der Waals surface area contributed by atoms with Crippen molar-refractivity contribution in [2.45, 2.75) is 19.3 Å². The molecule has 0 radical (unpaired) electrons. The van der Waals surface area contributed by atoms with Crippen LogP contribution in [0.4, 0.5) is 11.5 Å². The summed E-state index contributed by atoms with van der Waals surface area (Å²) in [6, 6.07) is 3.96. The molecule has 0 bridgehead atoms. The van der Waals surface area contributed by atoms with Crippen molar-refractivity contribution in [3.63, 3.8) is 0 Å². The van der Waals surface area contributed by atoms with Gasteiger partial charge in [-0.3, -0.25) is 4.90 Å². The van der Waals surface area contributed by atoms with Gasteiger partial charge < -0.3 is 10.6 Å². The summed E-state index contributed by atoms with van der Waals surface area (Å²) >= 11 is 0. The molecule has 0 atom stereocenters. The van der Waals surface area contributed by atoms with E-state index in [0.29, 0.717) is 0 Å². The summed E-state index contributed by atoms with van der Waals surface area (Å²) in [6.07, 6.45) is 6.08. The van der Waals surface area contributed by atoms with E-state index in [0.717, 1.165) is 30.5 Å². The van der Waals surface area contributed by atoms with E-state index in [2.05, 4.69) is 14.8 Å². The highest BCUT2D eigenvalue weighted by Gasteiger charge is 2.23. The largest absolute Gasteiger partial charge is 0.397 e. The third kappa shape index (κ3) is 2.58.